The minimum absolute atomic E-state index is 0.0419. The fourth-order valence-corrected chi connectivity index (χ4v) is 4.19. The molecule has 180 valence electrons. The van der Waals surface area contributed by atoms with E-state index >= 15 is 0 Å². The lowest BCUT2D eigenvalue weighted by Crippen LogP contribution is -2.43. The molecule has 0 aliphatic rings. The molecule has 0 aromatic rings. The van der Waals surface area contributed by atoms with Gasteiger partial charge in [0, 0.05) is 12.5 Å². The van der Waals surface area contributed by atoms with Gasteiger partial charge in [-0.25, -0.2) is 0 Å². The summed E-state index contributed by atoms with van der Waals surface area (Å²) in [6.07, 6.45) is -0.250. The Morgan fingerprint density at radius 2 is 1.37 bits per heavy atom. The highest BCUT2D eigenvalue weighted by atomic mass is 32.2. The Labute approximate surface area is 181 Å². The van der Waals surface area contributed by atoms with Crippen molar-refractivity contribution in [2.45, 2.75) is 109 Å². The van der Waals surface area contributed by atoms with Crippen molar-refractivity contribution < 1.29 is 34.7 Å². The molecular formula is C18H38F3NO5SSi2. The first-order chi connectivity index (χ1) is 12.9. The molecule has 0 aliphatic heterocycles. The third-order valence-corrected chi connectivity index (χ3v) is 15.5. The number of hydrogen-bond donors (Lipinski definition) is 0. The molecule has 12 heteroatoms. The number of halogens is 3. The maximum atomic E-state index is 12.8. The highest BCUT2D eigenvalue weighted by Crippen LogP contribution is 2.38. The van der Waals surface area contributed by atoms with Crippen molar-refractivity contribution in [3.63, 3.8) is 0 Å². The summed E-state index contributed by atoms with van der Waals surface area (Å²) in [7, 11) is -10.4. The van der Waals surface area contributed by atoms with Crippen molar-refractivity contribution in [3.05, 3.63) is 0 Å². The highest BCUT2D eigenvalue weighted by Gasteiger charge is 2.49. The van der Waals surface area contributed by atoms with Crippen LogP contribution in [0.15, 0.2) is 5.16 Å². The van der Waals surface area contributed by atoms with Gasteiger partial charge in [0.1, 0.15) is 0 Å². The van der Waals surface area contributed by atoms with E-state index in [0.717, 1.165) is 0 Å². The summed E-state index contributed by atoms with van der Waals surface area (Å²) in [4.78, 5) is 0. The Bertz CT molecular complexity index is 709. The summed E-state index contributed by atoms with van der Waals surface area (Å²) in [6, 6.07) is 0. The quantitative estimate of drug-likeness (QED) is 0.0979. The number of oxime groups is 1. The van der Waals surface area contributed by atoms with Crippen molar-refractivity contribution in [2.75, 3.05) is 0 Å². The minimum atomic E-state index is -5.83. The fourth-order valence-electron chi connectivity index (χ4n) is 1.64. The van der Waals surface area contributed by atoms with Crippen molar-refractivity contribution >= 4 is 32.7 Å². The molecule has 0 saturated heterocycles. The lowest BCUT2D eigenvalue weighted by molar-refractivity contribution is -0.0506. The van der Waals surface area contributed by atoms with Crippen molar-refractivity contribution in [1.82, 2.24) is 0 Å². The van der Waals surface area contributed by atoms with E-state index < -0.39 is 38.2 Å². The largest absolute Gasteiger partial charge is 0.534 e. The van der Waals surface area contributed by atoms with E-state index in [1.54, 1.807) is 6.92 Å². The number of nitrogens with zero attached hydrogens (tertiary/aromatic N) is 1. The van der Waals surface area contributed by atoms with Crippen molar-refractivity contribution in [2.24, 2.45) is 5.16 Å². The van der Waals surface area contributed by atoms with Crippen LogP contribution in [0, 0.1) is 0 Å². The van der Waals surface area contributed by atoms with Gasteiger partial charge in [-0.15, -0.1) is 0 Å². The monoisotopic (exact) mass is 493 g/mol. The number of alkyl halides is 3. The normalized spacial score (nSPS) is 16.4. The fraction of sp³-hybridized carbons (Fsp3) is 0.944. The van der Waals surface area contributed by atoms with Crippen molar-refractivity contribution in [3.8, 4) is 0 Å². The van der Waals surface area contributed by atoms with E-state index in [4.69, 9.17) is 8.95 Å². The summed E-state index contributed by atoms with van der Waals surface area (Å²) >= 11 is 0. The van der Waals surface area contributed by atoms with Gasteiger partial charge in [-0.1, -0.05) is 46.7 Å². The second kappa shape index (κ2) is 9.49. The van der Waals surface area contributed by atoms with Crippen LogP contribution < -0.4 is 0 Å². The molecule has 30 heavy (non-hydrogen) atoms. The molecule has 0 spiro atoms. The molecule has 0 amide bonds. The number of hydrogen-bond acceptors (Lipinski definition) is 6. The Kier molecular flexibility index (Phi) is 9.30. The number of rotatable bonds is 8. The van der Waals surface area contributed by atoms with E-state index in [9.17, 15) is 21.6 Å². The standard InChI is InChI=1S/C18H38F3NO5SSi2/c1-14(26-29(8,9)16(2,3)4)12-13-15(25-28(23,24)18(19,20)21)22-27-30(10,11)17(5,6)7/h14H,12-13H2,1-11H3/b22-15-. The summed E-state index contributed by atoms with van der Waals surface area (Å²) in [5.41, 5.74) is -5.55. The lowest BCUT2D eigenvalue weighted by Gasteiger charge is -2.38. The van der Waals surface area contributed by atoms with Gasteiger partial charge in [-0.2, -0.15) is 21.6 Å². The second-order valence-corrected chi connectivity index (χ2v) is 21.5. The summed E-state index contributed by atoms with van der Waals surface area (Å²) in [5, 5.41) is 3.39. The zero-order valence-corrected chi connectivity index (χ0v) is 22.8. The van der Waals surface area contributed by atoms with Gasteiger partial charge in [0.15, 0.2) is 8.32 Å². The van der Waals surface area contributed by atoms with Crippen LogP contribution in [0.1, 0.15) is 61.3 Å². The van der Waals surface area contributed by atoms with Crippen LogP contribution in [0.4, 0.5) is 13.2 Å². The molecule has 0 aromatic carbocycles. The predicted molar refractivity (Wildman–Crippen MR) is 119 cm³/mol. The van der Waals surface area contributed by atoms with E-state index in [2.05, 4.69) is 43.2 Å². The van der Waals surface area contributed by atoms with Gasteiger partial charge >= 0.3 is 15.6 Å². The first kappa shape index (κ1) is 29.4. The molecule has 0 saturated carbocycles. The van der Waals surface area contributed by atoms with E-state index in [-0.39, 0.29) is 29.0 Å². The maximum Gasteiger partial charge on any atom is 0.534 e. The van der Waals surface area contributed by atoms with Gasteiger partial charge in [-0.05, 0) is 49.6 Å². The van der Waals surface area contributed by atoms with Crippen LogP contribution >= 0.6 is 0 Å². The molecule has 0 rings (SSSR count). The average molecular weight is 494 g/mol. The Morgan fingerprint density at radius 1 is 0.933 bits per heavy atom. The molecule has 0 aromatic heterocycles. The van der Waals surface area contributed by atoms with E-state index in [1.807, 2.05) is 33.9 Å². The Hall–Kier alpha value is -0.596. The average Bonchev–Trinajstić information content (AvgIpc) is 2.45. The van der Waals surface area contributed by atoms with Crippen LogP contribution in [-0.4, -0.2) is 42.6 Å². The molecule has 0 N–H and O–H groups in total. The smallest absolute Gasteiger partial charge is 0.452 e. The van der Waals surface area contributed by atoms with Gasteiger partial charge in [0.2, 0.25) is 5.90 Å². The molecule has 1 atom stereocenters. The van der Waals surface area contributed by atoms with Crippen LogP contribution in [0.2, 0.25) is 36.3 Å². The van der Waals surface area contributed by atoms with Gasteiger partial charge < -0.3 is 13.1 Å². The SMILES string of the molecule is CC(CC/C(=N/O[Si](C)(C)C(C)(C)C)OS(=O)(=O)C(F)(F)F)O[Si](C)(C)C(C)(C)C. The first-order valence-electron chi connectivity index (χ1n) is 9.86. The molecule has 0 aliphatic carbocycles. The zero-order valence-electron chi connectivity index (χ0n) is 20.0. The van der Waals surface area contributed by atoms with E-state index in [0.29, 0.717) is 0 Å². The molecule has 6 nitrogen and oxygen atoms in total. The minimum Gasteiger partial charge on any atom is -0.452 e. The first-order valence-corrected chi connectivity index (χ1v) is 17.1. The zero-order chi connectivity index (χ0) is 24.4. The van der Waals surface area contributed by atoms with E-state index in [1.165, 1.54) is 0 Å². The molecule has 1 unspecified atom stereocenters. The van der Waals surface area contributed by atoms with Crippen LogP contribution in [-0.2, 0) is 23.3 Å². The third kappa shape index (κ3) is 8.50. The summed E-state index contributed by atoms with van der Waals surface area (Å²) < 4.78 is 77.4. The predicted octanol–water partition coefficient (Wildman–Crippen LogP) is 6.38. The highest BCUT2D eigenvalue weighted by molar-refractivity contribution is 7.88. The van der Waals surface area contributed by atoms with Gasteiger partial charge in [-0.3, -0.25) is 0 Å². The maximum absolute atomic E-state index is 12.8. The van der Waals surface area contributed by atoms with Crippen molar-refractivity contribution in [1.29, 1.82) is 0 Å². The Balaban J connectivity index is 5.54. The topological polar surface area (TPSA) is 74.2 Å². The van der Waals surface area contributed by atoms with Crippen LogP contribution in [0.3, 0.4) is 0 Å². The summed E-state index contributed by atoms with van der Waals surface area (Å²) in [6.45, 7) is 21.6. The van der Waals surface area contributed by atoms with Gasteiger partial charge in [0.05, 0.1) is 0 Å². The lowest BCUT2D eigenvalue weighted by atomic mass is 10.2. The summed E-state index contributed by atoms with van der Waals surface area (Å²) in [5.74, 6) is -0.622. The molecule has 0 bridgehead atoms. The second-order valence-electron chi connectivity index (χ2n) is 10.5. The van der Waals surface area contributed by atoms with Crippen LogP contribution in [0.25, 0.3) is 0 Å². The molecule has 0 fully saturated rings. The van der Waals surface area contributed by atoms with Crippen LogP contribution in [0.5, 0.6) is 0 Å². The molecule has 0 radical (unpaired) electrons. The third-order valence-electron chi connectivity index (χ3n) is 5.74. The molecule has 0 heterocycles. The molecular weight excluding hydrogens is 455 g/mol. The van der Waals surface area contributed by atoms with Gasteiger partial charge in [0.25, 0.3) is 8.32 Å². The Morgan fingerprint density at radius 3 is 1.73 bits per heavy atom.